The molecule has 1 fully saturated rings. The van der Waals surface area contributed by atoms with Crippen molar-refractivity contribution in [3.05, 3.63) is 35.1 Å². The van der Waals surface area contributed by atoms with Crippen LogP contribution in [-0.2, 0) is 4.79 Å². The summed E-state index contributed by atoms with van der Waals surface area (Å²) in [6.07, 6.45) is 2.20. The van der Waals surface area contributed by atoms with Crippen LogP contribution in [0.1, 0.15) is 50.3 Å². The van der Waals surface area contributed by atoms with E-state index in [0.717, 1.165) is 18.4 Å². The first kappa shape index (κ1) is 16.0. The van der Waals surface area contributed by atoms with Crippen LogP contribution in [0, 0.1) is 18.7 Å². The molecule has 0 bridgehead atoms. The maximum absolute atomic E-state index is 13.5. The molecule has 0 spiro atoms. The van der Waals surface area contributed by atoms with Crippen LogP contribution in [0.3, 0.4) is 0 Å². The molecule has 2 N–H and O–H groups in total. The highest BCUT2D eigenvalue weighted by molar-refractivity contribution is 5.77. The number of likely N-dealkylation sites (tertiary alicyclic amines) is 1. The van der Waals surface area contributed by atoms with E-state index in [2.05, 4.69) is 13.8 Å². The van der Waals surface area contributed by atoms with E-state index in [4.69, 9.17) is 5.73 Å². The number of rotatable bonds is 3. The van der Waals surface area contributed by atoms with Gasteiger partial charge in [0, 0.05) is 19.0 Å². The van der Waals surface area contributed by atoms with Gasteiger partial charge in [0.15, 0.2) is 0 Å². The highest BCUT2D eigenvalue weighted by Gasteiger charge is 2.33. The van der Waals surface area contributed by atoms with Crippen LogP contribution in [0.5, 0.6) is 0 Å². The molecule has 21 heavy (non-hydrogen) atoms. The number of carbonyl (C=O) groups is 1. The summed E-state index contributed by atoms with van der Waals surface area (Å²) in [7, 11) is 0. The lowest BCUT2D eigenvalue weighted by atomic mass is 9.94. The van der Waals surface area contributed by atoms with Crippen molar-refractivity contribution in [2.75, 3.05) is 6.54 Å². The molecule has 0 aliphatic carbocycles. The topological polar surface area (TPSA) is 46.3 Å². The first-order chi connectivity index (χ1) is 9.90. The number of nitrogens with two attached hydrogens (primary N) is 1. The SMILES string of the molecule is Cc1cc(C2C(N)CCCC(=O)N2CC(C)C)ccc1F. The van der Waals surface area contributed by atoms with Gasteiger partial charge in [-0.1, -0.05) is 26.0 Å². The Balaban J connectivity index is 2.40. The third kappa shape index (κ3) is 3.62. The first-order valence-electron chi connectivity index (χ1n) is 7.71. The van der Waals surface area contributed by atoms with Crippen LogP contribution in [0.25, 0.3) is 0 Å². The molecule has 2 rings (SSSR count). The summed E-state index contributed by atoms with van der Waals surface area (Å²) in [5.74, 6) is 0.314. The Bertz CT molecular complexity index is 516. The lowest BCUT2D eigenvalue weighted by Gasteiger charge is -2.35. The van der Waals surface area contributed by atoms with Gasteiger partial charge in [-0.3, -0.25) is 4.79 Å². The van der Waals surface area contributed by atoms with Crippen LogP contribution in [0.4, 0.5) is 4.39 Å². The fourth-order valence-corrected chi connectivity index (χ4v) is 3.06. The third-order valence-electron chi connectivity index (χ3n) is 4.08. The first-order valence-corrected chi connectivity index (χ1v) is 7.71. The minimum absolute atomic E-state index is 0.0972. The summed E-state index contributed by atoms with van der Waals surface area (Å²) < 4.78 is 13.5. The van der Waals surface area contributed by atoms with E-state index in [-0.39, 0.29) is 23.8 Å². The van der Waals surface area contributed by atoms with Crippen LogP contribution in [0.15, 0.2) is 18.2 Å². The standard InChI is InChI=1S/C17H25FN2O/c1-11(2)10-20-16(21)6-4-5-15(19)17(20)13-7-8-14(18)12(3)9-13/h7-9,11,15,17H,4-6,10,19H2,1-3H3. The average molecular weight is 292 g/mol. The van der Waals surface area contributed by atoms with Gasteiger partial charge in [0.05, 0.1) is 6.04 Å². The van der Waals surface area contributed by atoms with Crippen molar-refractivity contribution >= 4 is 5.91 Å². The zero-order chi connectivity index (χ0) is 15.6. The molecule has 1 aliphatic rings. The summed E-state index contributed by atoms with van der Waals surface area (Å²) in [5, 5.41) is 0. The monoisotopic (exact) mass is 292 g/mol. The molecule has 1 aromatic carbocycles. The van der Waals surface area contributed by atoms with Crippen LogP contribution in [-0.4, -0.2) is 23.4 Å². The minimum atomic E-state index is -0.220. The van der Waals surface area contributed by atoms with Gasteiger partial charge >= 0.3 is 0 Å². The Labute approximate surface area is 126 Å². The molecule has 1 amide bonds. The highest BCUT2D eigenvalue weighted by Crippen LogP contribution is 2.31. The van der Waals surface area contributed by atoms with E-state index in [1.807, 2.05) is 11.0 Å². The number of hydrogen-bond acceptors (Lipinski definition) is 2. The normalized spacial score (nSPS) is 23.5. The molecule has 2 unspecified atom stereocenters. The molecule has 1 heterocycles. The maximum atomic E-state index is 13.5. The number of carbonyl (C=O) groups excluding carboxylic acids is 1. The molecule has 2 atom stereocenters. The number of amides is 1. The fraction of sp³-hybridized carbons (Fsp3) is 0.588. The summed E-state index contributed by atoms with van der Waals surface area (Å²) in [6, 6.07) is 4.81. The van der Waals surface area contributed by atoms with E-state index >= 15 is 0 Å². The van der Waals surface area contributed by atoms with Gasteiger partial charge in [-0.15, -0.1) is 0 Å². The predicted octanol–water partition coefficient (Wildman–Crippen LogP) is 3.17. The molecule has 1 saturated heterocycles. The summed E-state index contributed by atoms with van der Waals surface area (Å²) >= 11 is 0. The lowest BCUT2D eigenvalue weighted by molar-refractivity contribution is -0.133. The second-order valence-electron chi connectivity index (χ2n) is 6.45. The Morgan fingerprint density at radius 3 is 2.76 bits per heavy atom. The molecular formula is C17H25FN2O. The van der Waals surface area contributed by atoms with Gasteiger partial charge in [-0.05, 0) is 42.9 Å². The number of aryl methyl sites for hydroxylation is 1. The lowest BCUT2D eigenvalue weighted by Crippen LogP contribution is -2.43. The van der Waals surface area contributed by atoms with E-state index in [1.165, 1.54) is 6.07 Å². The summed E-state index contributed by atoms with van der Waals surface area (Å²) in [4.78, 5) is 14.3. The smallest absolute Gasteiger partial charge is 0.223 e. The van der Waals surface area contributed by atoms with Gasteiger partial charge in [-0.25, -0.2) is 4.39 Å². The largest absolute Gasteiger partial charge is 0.334 e. The zero-order valence-electron chi connectivity index (χ0n) is 13.1. The molecule has 0 radical (unpaired) electrons. The quantitative estimate of drug-likeness (QED) is 0.930. The molecular weight excluding hydrogens is 267 g/mol. The number of nitrogens with zero attached hydrogens (tertiary/aromatic N) is 1. The van der Waals surface area contributed by atoms with Crippen molar-refractivity contribution in [1.82, 2.24) is 4.90 Å². The molecule has 1 aromatic rings. The number of halogens is 1. The Morgan fingerprint density at radius 1 is 1.43 bits per heavy atom. The van der Waals surface area contributed by atoms with Gasteiger partial charge in [-0.2, -0.15) is 0 Å². The van der Waals surface area contributed by atoms with Crippen molar-refractivity contribution in [3.8, 4) is 0 Å². The second-order valence-corrected chi connectivity index (χ2v) is 6.45. The van der Waals surface area contributed by atoms with E-state index < -0.39 is 0 Å². The molecule has 4 heteroatoms. The number of benzene rings is 1. The van der Waals surface area contributed by atoms with Crippen molar-refractivity contribution in [2.24, 2.45) is 11.7 Å². The zero-order valence-corrected chi connectivity index (χ0v) is 13.1. The molecule has 0 aromatic heterocycles. The Hall–Kier alpha value is -1.42. The summed E-state index contributed by atoms with van der Waals surface area (Å²) in [6.45, 7) is 6.62. The van der Waals surface area contributed by atoms with Crippen LogP contribution >= 0.6 is 0 Å². The molecule has 1 aliphatic heterocycles. The highest BCUT2D eigenvalue weighted by atomic mass is 19.1. The number of hydrogen-bond donors (Lipinski definition) is 1. The van der Waals surface area contributed by atoms with Crippen LogP contribution in [0.2, 0.25) is 0 Å². The van der Waals surface area contributed by atoms with E-state index in [9.17, 15) is 9.18 Å². The van der Waals surface area contributed by atoms with Gasteiger partial charge in [0.1, 0.15) is 5.82 Å². The van der Waals surface area contributed by atoms with Gasteiger partial charge in [0.25, 0.3) is 0 Å². The minimum Gasteiger partial charge on any atom is -0.334 e. The van der Waals surface area contributed by atoms with Crippen molar-refractivity contribution in [1.29, 1.82) is 0 Å². The fourth-order valence-electron chi connectivity index (χ4n) is 3.06. The molecule has 0 saturated carbocycles. The van der Waals surface area contributed by atoms with E-state index in [1.54, 1.807) is 13.0 Å². The average Bonchev–Trinajstić information content (AvgIpc) is 2.53. The second kappa shape index (κ2) is 6.56. The summed E-state index contributed by atoms with van der Waals surface area (Å²) in [5.41, 5.74) is 7.88. The predicted molar refractivity (Wildman–Crippen MR) is 82.3 cm³/mol. The maximum Gasteiger partial charge on any atom is 0.223 e. The molecule has 116 valence electrons. The van der Waals surface area contributed by atoms with Crippen molar-refractivity contribution in [3.63, 3.8) is 0 Å². The van der Waals surface area contributed by atoms with Crippen molar-refractivity contribution in [2.45, 2.75) is 52.1 Å². The Morgan fingerprint density at radius 2 is 2.14 bits per heavy atom. The van der Waals surface area contributed by atoms with Gasteiger partial charge < -0.3 is 10.6 Å². The van der Waals surface area contributed by atoms with Crippen molar-refractivity contribution < 1.29 is 9.18 Å². The third-order valence-corrected chi connectivity index (χ3v) is 4.08. The van der Waals surface area contributed by atoms with Crippen LogP contribution < -0.4 is 5.73 Å². The van der Waals surface area contributed by atoms with E-state index in [0.29, 0.717) is 24.4 Å². The van der Waals surface area contributed by atoms with Gasteiger partial charge in [0.2, 0.25) is 5.91 Å². The Kier molecular flexibility index (Phi) is 4.99. The molecule has 3 nitrogen and oxygen atoms in total.